The standard InChI is InChI=1S/C21H14INO/c22-19-17-13-7-8-14-18(17)21(24)23(16-11-5-2-6-12-16)20(19)15-9-3-1-4-10-15/h1-14H. The fraction of sp³-hybridized carbons (Fsp3) is 0. The molecule has 0 aliphatic rings. The summed E-state index contributed by atoms with van der Waals surface area (Å²) in [5, 5.41) is 1.74. The van der Waals surface area contributed by atoms with Crippen LogP contribution in [0, 0.1) is 3.57 Å². The van der Waals surface area contributed by atoms with Gasteiger partial charge in [0.05, 0.1) is 5.69 Å². The topological polar surface area (TPSA) is 22.0 Å². The van der Waals surface area contributed by atoms with Crippen molar-refractivity contribution in [3.8, 4) is 16.9 Å². The molecule has 0 aliphatic carbocycles. The summed E-state index contributed by atoms with van der Waals surface area (Å²) in [6.07, 6.45) is 0. The summed E-state index contributed by atoms with van der Waals surface area (Å²) in [5.74, 6) is 0. The summed E-state index contributed by atoms with van der Waals surface area (Å²) in [4.78, 5) is 13.2. The highest BCUT2D eigenvalue weighted by molar-refractivity contribution is 14.1. The number of pyridine rings is 1. The smallest absolute Gasteiger partial charge is 0.263 e. The summed E-state index contributed by atoms with van der Waals surface area (Å²) in [6, 6.07) is 27.7. The van der Waals surface area contributed by atoms with Crippen LogP contribution in [0.1, 0.15) is 0 Å². The number of benzene rings is 3. The Bertz CT molecular complexity index is 1070. The van der Waals surface area contributed by atoms with Gasteiger partial charge < -0.3 is 0 Å². The molecule has 0 amide bonds. The molecule has 3 aromatic carbocycles. The molecular formula is C21H14INO. The molecule has 0 aliphatic heterocycles. The van der Waals surface area contributed by atoms with Gasteiger partial charge >= 0.3 is 0 Å². The summed E-state index contributed by atoms with van der Waals surface area (Å²) in [5.41, 5.74) is 2.86. The lowest BCUT2D eigenvalue weighted by Gasteiger charge is -2.17. The molecule has 0 bridgehead atoms. The van der Waals surface area contributed by atoms with Gasteiger partial charge in [0.1, 0.15) is 0 Å². The van der Waals surface area contributed by atoms with Gasteiger partial charge in [-0.25, -0.2) is 0 Å². The van der Waals surface area contributed by atoms with E-state index in [-0.39, 0.29) is 5.56 Å². The van der Waals surface area contributed by atoms with Crippen LogP contribution in [0.25, 0.3) is 27.7 Å². The molecule has 0 atom stereocenters. The van der Waals surface area contributed by atoms with E-state index in [1.54, 1.807) is 0 Å². The zero-order chi connectivity index (χ0) is 16.5. The lowest BCUT2D eigenvalue weighted by Crippen LogP contribution is -2.21. The Morgan fingerprint density at radius 1 is 0.667 bits per heavy atom. The number of hydrogen-bond donors (Lipinski definition) is 0. The van der Waals surface area contributed by atoms with Crippen molar-refractivity contribution < 1.29 is 0 Å². The van der Waals surface area contributed by atoms with Crippen molar-refractivity contribution in [3.05, 3.63) is 98.9 Å². The first-order chi connectivity index (χ1) is 11.8. The number of rotatable bonds is 2. The molecule has 24 heavy (non-hydrogen) atoms. The number of aromatic nitrogens is 1. The van der Waals surface area contributed by atoms with E-state index in [4.69, 9.17) is 0 Å². The van der Waals surface area contributed by atoms with E-state index in [2.05, 4.69) is 22.6 Å². The van der Waals surface area contributed by atoms with Crippen LogP contribution >= 0.6 is 22.6 Å². The Morgan fingerprint density at radius 2 is 1.21 bits per heavy atom. The number of para-hydroxylation sites is 1. The first-order valence-electron chi connectivity index (χ1n) is 7.71. The van der Waals surface area contributed by atoms with Crippen LogP contribution in [0.4, 0.5) is 0 Å². The summed E-state index contributed by atoms with van der Waals surface area (Å²) in [7, 11) is 0. The Kier molecular flexibility index (Phi) is 3.94. The number of hydrogen-bond acceptors (Lipinski definition) is 1. The average Bonchev–Trinajstić information content (AvgIpc) is 2.66. The van der Waals surface area contributed by atoms with Crippen molar-refractivity contribution in [1.82, 2.24) is 4.57 Å². The predicted molar refractivity (Wildman–Crippen MR) is 108 cm³/mol. The van der Waals surface area contributed by atoms with Gasteiger partial charge in [0.25, 0.3) is 5.56 Å². The molecule has 0 radical (unpaired) electrons. The Labute approximate surface area is 153 Å². The van der Waals surface area contributed by atoms with Crippen molar-refractivity contribution in [2.45, 2.75) is 0 Å². The first kappa shape index (κ1) is 15.1. The fourth-order valence-electron chi connectivity index (χ4n) is 2.98. The molecule has 1 aromatic heterocycles. The highest BCUT2D eigenvalue weighted by Crippen LogP contribution is 2.31. The lowest BCUT2D eigenvalue weighted by atomic mass is 10.1. The molecule has 0 N–H and O–H groups in total. The van der Waals surface area contributed by atoms with E-state index in [1.165, 1.54) is 0 Å². The molecule has 1 heterocycles. The van der Waals surface area contributed by atoms with Crippen molar-refractivity contribution in [1.29, 1.82) is 0 Å². The molecule has 0 fully saturated rings. The van der Waals surface area contributed by atoms with E-state index >= 15 is 0 Å². The summed E-state index contributed by atoms with van der Waals surface area (Å²) >= 11 is 2.35. The minimum Gasteiger partial charge on any atom is -0.275 e. The summed E-state index contributed by atoms with van der Waals surface area (Å²) < 4.78 is 2.90. The van der Waals surface area contributed by atoms with E-state index in [9.17, 15) is 4.79 Å². The quantitative estimate of drug-likeness (QED) is 0.403. The van der Waals surface area contributed by atoms with Gasteiger partial charge in [-0.15, -0.1) is 0 Å². The number of fused-ring (bicyclic) bond motifs is 1. The zero-order valence-corrected chi connectivity index (χ0v) is 15.0. The largest absolute Gasteiger partial charge is 0.275 e. The molecular weight excluding hydrogens is 409 g/mol. The molecule has 2 nitrogen and oxygen atoms in total. The van der Waals surface area contributed by atoms with Gasteiger partial charge in [0.2, 0.25) is 0 Å². The molecule has 0 spiro atoms. The van der Waals surface area contributed by atoms with Crippen molar-refractivity contribution in [3.63, 3.8) is 0 Å². The molecule has 116 valence electrons. The van der Waals surface area contributed by atoms with E-state index in [1.807, 2.05) is 89.5 Å². The first-order valence-corrected chi connectivity index (χ1v) is 8.79. The molecule has 4 aromatic rings. The third kappa shape index (κ3) is 2.45. The van der Waals surface area contributed by atoms with Crippen LogP contribution in [0.15, 0.2) is 89.7 Å². The molecule has 0 saturated heterocycles. The van der Waals surface area contributed by atoms with Gasteiger partial charge in [0, 0.05) is 20.0 Å². The van der Waals surface area contributed by atoms with Crippen molar-refractivity contribution in [2.24, 2.45) is 0 Å². The molecule has 3 heteroatoms. The fourth-order valence-corrected chi connectivity index (χ4v) is 4.01. The van der Waals surface area contributed by atoms with Gasteiger partial charge in [0.15, 0.2) is 0 Å². The predicted octanol–water partition coefficient (Wildman–Crippen LogP) is 5.26. The van der Waals surface area contributed by atoms with Crippen LogP contribution in [-0.2, 0) is 0 Å². The Balaban J connectivity index is 2.21. The highest BCUT2D eigenvalue weighted by Gasteiger charge is 2.17. The molecule has 4 rings (SSSR count). The minimum atomic E-state index is 0.0102. The van der Waals surface area contributed by atoms with E-state index in [0.29, 0.717) is 0 Å². The maximum atomic E-state index is 13.2. The second kappa shape index (κ2) is 6.24. The Hall–Kier alpha value is -2.40. The second-order valence-corrected chi connectivity index (χ2v) is 6.63. The third-order valence-electron chi connectivity index (χ3n) is 4.09. The molecule has 0 unspecified atom stereocenters. The highest BCUT2D eigenvalue weighted by atomic mass is 127. The van der Waals surface area contributed by atoms with E-state index in [0.717, 1.165) is 31.3 Å². The minimum absolute atomic E-state index is 0.0102. The van der Waals surface area contributed by atoms with Gasteiger partial charge in [-0.1, -0.05) is 66.7 Å². The van der Waals surface area contributed by atoms with Crippen LogP contribution in [0.3, 0.4) is 0 Å². The third-order valence-corrected chi connectivity index (χ3v) is 5.18. The number of nitrogens with zero attached hydrogens (tertiary/aromatic N) is 1. The summed E-state index contributed by atoms with van der Waals surface area (Å²) in [6.45, 7) is 0. The Morgan fingerprint density at radius 3 is 1.88 bits per heavy atom. The second-order valence-electron chi connectivity index (χ2n) is 5.55. The SMILES string of the molecule is O=c1c2ccccc2c(I)c(-c2ccccc2)n1-c1ccccc1. The normalized spacial score (nSPS) is 10.9. The van der Waals surface area contributed by atoms with Crippen LogP contribution in [0.2, 0.25) is 0 Å². The van der Waals surface area contributed by atoms with Crippen LogP contribution in [0.5, 0.6) is 0 Å². The zero-order valence-electron chi connectivity index (χ0n) is 12.8. The maximum absolute atomic E-state index is 13.2. The van der Waals surface area contributed by atoms with E-state index < -0.39 is 0 Å². The van der Waals surface area contributed by atoms with Gasteiger partial charge in [-0.2, -0.15) is 0 Å². The van der Waals surface area contributed by atoms with Gasteiger partial charge in [-0.3, -0.25) is 9.36 Å². The number of halogens is 1. The lowest BCUT2D eigenvalue weighted by molar-refractivity contribution is 1.01. The maximum Gasteiger partial charge on any atom is 0.263 e. The average molecular weight is 423 g/mol. The van der Waals surface area contributed by atoms with Crippen molar-refractivity contribution >= 4 is 33.4 Å². The van der Waals surface area contributed by atoms with Crippen LogP contribution < -0.4 is 5.56 Å². The van der Waals surface area contributed by atoms with Crippen molar-refractivity contribution in [2.75, 3.05) is 0 Å². The van der Waals surface area contributed by atoms with Crippen LogP contribution in [-0.4, -0.2) is 4.57 Å². The van der Waals surface area contributed by atoms with Gasteiger partial charge in [-0.05, 0) is 46.4 Å². The molecule has 0 saturated carbocycles. The monoisotopic (exact) mass is 423 g/mol.